The van der Waals surface area contributed by atoms with Crippen LogP contribution in [0.5, 0.6) is 0 Å². The molecule has 106 valence electrons. The fourth-order valence-electron chi connectivity index (χ4n) is 2.92. The number of aryl methyl sites for hydroxylation is 2. The number of benzene rings is 1. The molecule has 3 heteroatoms. The van der Waals surface area contributed by atoms with Crippen molar-refractivity contribution in [2.24, 2.45) is 0 Å². The highest BCUT2D eigenvalue weighted by Crippen LogP contribution is 2.25. The SMILES string of the molecule is CCNC(C)CC(C)S(=O)c1ccc2c(c1)CCC2. The number of nitrogens with one attached hydrogen (secondary N) is 1. The zero-order valence-corrected chi connectivity index (χ0v) is 13.1. The minimum absolute atomic E-state index is 0.202. The van der Waals surface area contributed by atoms with E-state index in [1.54, 1.807) is 0 Å². The third kappa shape index (κ3) is 3.67. The molecule has 0 fully saturated rings. The Morgan fingerprint density at radius 2 is 2.00 bits per heavy atom. The Bertz CT molecular complexity index is 458. The molecule has 0 amide bonds. The maximum Gasteiger partial charge on any atom is 0.0558 e. The second-order valence-electron chi connectivity index (χ2n) is 5.59. The Balaban J connectivity index is 2.02. The lowest BCUT2D eigenvalue weighted by Gasteiger charge is -2.18. The highest BCUT2D eigenvalue weighted by Gasteiger charge is 2.18. The summed E-state index contributed by atoms with van der Waals surface area (Å²) in [6.45, 7) is 7.34. The first-order chi connectivity index (χ1) is 9.11. The maximum atomic E-state index is 12.6. The molecule has 2 nitrogen and oxygen atoms in total. The first kappa shape index (κ1) is 14.7. The van der Waals surface area contributed by atoms with E-state index in [4.69, 9.17) is 0 Å². The molecule has 1 aliphatic carbocycles. The van der Waals surface area contributed by atoms with Gasteiger partial charge in [-0.05, 0) is 62.4 Å². The van der Waals surface area contributed by atoms with Crippen molar-refractivity contribution in [1.82, 2.24) is 5.32 Å². The fraction of sp³-hybridized carbons (Fsp3) is 0.625. The molecule has 0 saturated heterocycles. The predicted octanol–water partition coefficient (Wildman–Crippen LogP) is 3.06. The number of hydrogen-bond donors (Lipinski definition) is 1. The molecule has 0 radical (unpaired) electrons. The van der Waals surface area contributed by atoms with Crippen LogP contribution in [0.4, 0.5) is 0 Å². The molecule has 19 heavy (non-hydrogen) atoms. The highest BCUT2D eigenvalue weighted by molar-refractivity contribution is 7.85. The molecule has 1 N–H and O–H groups in total. The molecule has 3 atom stereocenters. The van der Waals surface area contributed by atoms with Crippen LogP contribution in [0.1, 0.15) is 44.7 Å². The summed E-state index contributed by atoms with van der Waals surface area (Å²) in [6.07, 6.45) is 4.55. The van der Waals surface area contributed by atoms with Gasteiger partial charge in [0.15, 0.2) is 0 Å². The molecule has 0 spiro atoms. The first-order valence-corrected chi connectivity index (χ1v) is 8.59. The molecular formula is C16H25NOS. The summed E-state index contributed by atoms with van der Waals surface area (Å²) in [4.78, 5) is 1.01. The van der Waals surface area contributed by atoms with Crippen molar-refractivity contribution < 1.29 is 4.21 Å². The number of fused-ring (bicyclic) bond motifs is 1. The van der Waals surface area contributed by atoms with E-state index in [1.165, 1.54) is 24.0 Å². The van der Waals surface area contributed by atoms with Gasteiger partial charge in [0.25, 0.3) is 0 Å². The summed E-state index contributed by atoms with van der Waals surface area (Å²) in [5.74, 6) is 0. The summed E-state index contributed by atoms with van der Waals surface area (Å²) in [5.41, 5.74) is 2.87. The van der Waals surface area contributed by atoms with Gasteiger partial charge in [-0.2, -0.15) is 0 Å². The molecule has 0 saturated carbocycles. The van der Waals surface area contributed by atoms with Crippen LogP contribution < -0.4 is 5.32 Å². The van der Waals surface area contributed by atoms with E-state index in [2.05, 4.69) is 44.3 Å². The van der Waals surface area contributed by atoms with E-state index in [1.807, 2.05) is 0 Å². The van der Waals surface area contributed by atoms with Crippen molar-refractivity contribution in [3.05, 3.63) is 29.3 Å². The summed E-state index contributed by atoms with van der Waals surface area (Å²) in [6, 6.07) is 6.84. The van der Waals surface area contributed by atoms with Crippen LogP contribution in [0, 0.1) is 0 Å². The zero-order chi connectivity index (χ0) is 13.8. The lowest BCUT2D eigenvalue weighted by atomic mass is 10.1. The van der Waals surface area contributed by atoms with Gasteiger partial charge in [0.1, 0.15) is 0 Å². The van der Waals surface area contributed by atoms with Crippen molar-refractivity contribution in [1.29, 1.82) is 0 Å². The summed E-state index contributed by atoms with van der Waals surface area (Å²) in [7, 11) is -0.885. The van der Waals surface area contributed by atoms with E-state index in [0.29, 0.717) is 6.04 Å². The van der Waals surface area contributed by atoms with Gasteiger partial charge in [-0.1, -0.05) is 19.9 Å². The Hall–Kier alpha value is -0.670. The van der Waals surface area contributed by atoms with Crippen LogP contribution in [-0.2, 0) is 23.6 Å². The molecular weight excluding hydrogens is 254 g/mol. The molecule has 1 aliphatic rings. The quantitative estimate of drug-likeness (QED) is 0.867. The second kappa shape index (κ2) is 6.67. The van der Waals surface area contributed by atoms with Gasteiger partial charge < -0.3 is 5.32 Å². The smallest absolute Gasteiger partial charge is 0.0558 e. The van der Waals surface area contributed by atoms with Crippen LogP contribution >= 0.6 is 0 Å². The predicted molar refractivity (Wildman–Crippen MR) is 82.1 cm³/mol. The van der Waals surface area contributed by atoms with Crippen LogP contribution in [0.2, 0.25) is 0 Å². The number of hydrogen-bond acceptors (Lipinski definition) is 2. The Labute approximate surface area is 119 Å². The molecule has 2 rings (SSSR count). The van der Waals surface area contributed by atoms with E-state index in [0.717, 1.165) is 24.3 Å². The minimum Gasteiger partial charge on any atom is -0.314 e. The molecule has 0 aliphatic heterocycles. The third-order valence-electron chi connectivity index (χ3n) is 3.91. The van der Waals surface area contributed by atoms with Gasteiger partial charge >= 0.3 is 0 Å². The first-order valence-electron chi connectivity index (χ1n) is 7.37. The standard InChI is InChI=1S/C16H25NOS/c1-4-17-12(2)10-13(3)19(18)16-9-8-14-6-5-7-15(14)11-16/h8-9,11-13,17H,4-7,10H2,1-3H3. The van der Waals surface area contributed by atoms with Crippen molar-refractivity contribution >= 4 is 10.8 Å². The average molecular weight is 279 g/mol. The van der Waals surface area contributed by atoms with Crippen molar-refractivity contribution in [2.75, 3.05) is 6.54 Å². The van der Waals surface area contributed by atoms with Gasteiger partial charge in [-0.3, -0.25) is 4.21 Å². The lowest BCUT2D eigenvalue weighted by molar-refractivity contribution is 0.524. The number of rotatable bonds is 6. The van der Waals surface area contributed by atoms with Gasteiger partial charge in [-0.15, -0.1) is 0 Å². The van der Waals surface area contributed by atoms with E-state index in [-0.39, 0.29) is 5.25 Å². The average Bonchev–Trinajstić information content (AvgIpc) is 2.85. The Kier molecular flexibility index (Phi) is 5.17. The van der Waals surface area contributed by atoms with Crippen molar-refractivity contribution in [3.8, 4) is 0 Å². The summed E-state index contributed by atoms with van der Waals surface area (Å²) < 4.78 is 12.6. The van der Waals surface area contributed by atoms with Crippen LogP contribution in [0.3, 0.4) is 0 Å². The minimum atomic E-state index is -0.885. The van der Waals surface area contributed by atoms with Crippen LogP contribution in [-0.4, -0.2) is 22.0 Å². The van der Waals surface area contributed by atoms with E-state index >= 15 is 0 Å². The van der Waals surface area contributed by atoms with Gasteiger partial charge in [0.2, 0.25) is 0 Å². The summed E-state index contributed by atoms with van der Waals surface area (Å²) in [5, 5.41) is 3.59. The monoisotopic (exact) mass is 279 g/mol. The molecule has 1 aromatic carbocycles. The fourth-order valence-corrected chi connectivity index (χ4v) is 4.31. The third-order valence-corrected chi connectivity index (χ3v) is 5.55. The van der Waals surface area contributed by atoms with Crippen LogP contribution in [0.25, 0.3) is 0 Å². The van der Waals surface area contributed by atoms with Crippen molar-refractivity contribution in [3.63, 3.8) is 0 Å². The second-order valence-corrected chi connectivity index (χ2v) is 7.46. The Morgan fingerprint density at radius 3 is 2.74 bits per heavy atom. The summed E-state index contributed by atoms with van der Waals surface area (Å²) >= 11 is 0. The molecule has 3 unspecified atom stereocenters. The maximum absolute atomic E-state index is 12.6. The van der Waals surface area contributed by atoms with Crippen molar-refractivity contribution in [2.45, 2.75) is 62.6 Å². The molecule has 1 aromatic rings. The molecule has 0 aromatic heterocycles. The largest absolute Gasteiger partial charge is 0.314 e. The van der Waals surface area contributed by atoms with Gasteiger partial charge in [-0.25, -0.2) is 0 Å². The van der Waals surface area contributed by atoms with E-state index in [9.17, 15) is 4.21 Å². The van der Waals surface area contributed by atoms with Crippen LogP contribution in [0.15, 0.2) is 23.1 Å². The van der Waals surface area contributed by atoms with Gasteiger partial charge in [0, 0.05) is 16.2 Å². The van der Waals surface area contributed by atoms with Gasteiger partial charge in [0.05, 0.1) is 10.8 Å². The Morgan fingerprint density at radius 1 is 1.26 bits per heavy atom. The highest BCUT2D eigenvalue weighted by atomic mass is 32.2. The molecule has 0 bridgehead atoms. The molecule has 0 heterocycles. The lowest BCUT2D eigenvalue weighted by Crippen LogP contribution is -2.30. The zero-order valence-electron chi connectivity index (χ0n) is 12.2. The normalized spacial score (nSPS) is 18.9. The van der Waals surface area contributed by atoms with E-state index < -0.39 is 10.8 Å². The topological polar surface area (TPSA) is 29.1 Å².